The topological polar surface area (TPSA) is 20.2 Å². The van der Waals surface area contributed by atoms with Crippen molar-refractivity contribution >= 4 is 14.5 Å². The SMILES string of the molecule is Cc1ccc(P)c(O)c1. The van der Waals surface area contributed by atoms with Gasteiger partial charge in [0.05, 0.1) is 0 Å². The van der Waals surface area contributed by atoms with Crippen LogP contribution in [0.3, 0.4) is 0 Å². The largest absolute Gasteiger partial charge is 0.507 e. The number of hydrogen-bond donors (Lipinski definition) is 1. The highest BCUT2D eigenvalue weighted by Gasteiger charge is 1.92. The van der Waals surface area contributed by atoms with Crippen molar-refractivity contribution in [2.45, 2.75) is 6.92 Å². The van der Waals surface area contributed by atoms with Crippen molar-refractivity contribution in [1.82, 2.24) is 0 Å². The molecule has 2 heteroatoms. The molecule has 0 aliphatic heterocycles. The van der Waals surface area contributed by atoms with Crippen molar-refractivity contribution in [2.75, 3.05) is 0 Å². The Balaban J connectivity index is 3.17. The van der Waals surface area contributed by atoms with Crippen LogP contribution in [-0.4, -0.2) is 5.11 Å². The molecule has 0 bridgehead atoms. The van der Waals surface area contributed by atoms with Crippen LogP contribution in [0.25, 0.3) is 0 Å². The van der Waals surface area contributed by atoms with Gasteiger partial charge < -0.3 is 5.11 Å². The van der Waals surface area contributed by atoms with Crippen LogP contribution in [0.4, 0.5) is 0 Å². The summed E-state index contributed by atoms with van der Waals surface area (Å²) in [6.45, 7) is 1.95. The summed E-state index contributed by atoms with van der Waals surface area (Å²) in [6.07, 6.45) is 0. The molecule has 48 valence electrons. The summed E-state index contributed by atoms with van der Waals surface area (Å²) in [5.74, 6) is 0.347. The van der Waals surface area contributed by atoms with Gasteiger partial charge in [0.15, 0.2) is 0 Å². The minimum absolute atomic E-state index is 0.347. The van der Waals surface area contributed by atoms with E-state index in [2.05, 4.69) is 9.24 Å². The molecule has 0 saturated carbocycles. The average molecular weight is 140 g/mol. The van der Waals surface area contributed by atoms with Gasteiger partial charge in [-0.05, 0) is 18.6 Å². The van der Waals surface area contributed by atoms with Gasteiger partial charge in [0.2, 0.25) is 0 Å². The Hall–Kier alpha value is -0.550. The van der Waals surface area contributed by atoms with Crippen molar-refractivity contribution in [2.24, 2.45) is 0 Å². The zero-order chi connectivity index (χ0) is 6.85. The molecule has 0 spiro atoms. The third-order valence-corrected chi connectivity index (χ3v) is 1.67. The number of phenolic OH excluding ortho intramolecular Hbond substituents is 1. The summed E-state index contributed by atoms with van der Waals surface area (Å²) in [4.78, 5) is 0. The van der Waals surface area contributed by atoms with E-state index in [0.717, 1.165) is 10.9 Å². The third kappa shape index (κ3) is 1.43. The summed E-state index contributed by atoms with van der Waals surface area (Å²) in [6, 6.07) is 5.57. The van der Waals surface area contributed by atoms with E-state index in [0.29, 0.717) is 5.75 Å². The molecule has 1 N–H and O–H groups in total. The Bertz CT molecular complexity index is 220. The van der Waals surface area contributed by atoms with Gasteiger partial charge in [-0.15, -0.1) is 9.24 Å². The van der Waals surface area contributed by atoms with Crippen molar-refractivity contribution in [1.29, 1.82) is 0 Å². The smallest absolute Gasteiger partial charge is 0.122 e. The number of aryl methyl sites for hydroxylation is 1. The van der Waals surface area contributed by atoms with Gasteiger partial charge in [0, 0.05) is 5.30 Å². The zero-order valence-corrected chi connectivity index (χ0v) is 6.41. The number of aromatic hydroxyl groups is 1. The van der Waals surface area contributed by atoms with Crippen LogP contribution < -0.4 is 5.30 Å². The van der Waals surface area contributed by atoms with E-state index in [4.69, 9.17) is 5.11 Å². The molecule has 0 fully saturated rings. The van der Waals surface area contributed by atoms with Crippen LogP contribution in [0.1, 0.15) is 5.56 Å². The molecule has 0 aliphatic carbocycles. The van der Waals surface area contributed by atoms with E-state index >= 15 is 0 Å². The quantitative estimate of drug-likeness (QED) is 0.537. The first kappa shape index (κ1) is 6.57. The maximum atomic E-state index is 9.08. The average Bonchev–Trinajstić information content (AvgIpc) is 1.80. The summed E-state index contributed by atoms with van der Waals surface area (Å²) in [5, 5.41) is 9.93. The molecule has 0 radical (unpaired) electrons. The van der Waals surface area contributed by atoms with E-state index < -0.39 is 0 Å². The summed E-state index contributed by atoms with van der Waals surface area (Å²) in [7, 11) is 2.46. The normalized spacial score (nSPS) is 9.56. The lowest BCUT2D eigenvalue weighted by Gasteiger charge is -1.96. The lowest BCUT2D eigenvalue weighted by Crippen LogP contribution is -1.89. The van der Waals surface area contributed by atoms with Gasteiger partial charge in [-0.2, -0.15) is 0 Å². The molecule has 0 aliphatic rings. The first-order chi connectivity index (χ1) is 4.20. The van der Waals surface area contributed by atoms with Crippen LogP contribution in [0.15, 0.2) is 18.2 Å². The summed E-state index contributed by atoms with van der Waals surface area (Å²) >= 11 is 0. The molecule has 1 nitrogen and oxygen atoms in total. The molecule has 9 heavy (non-hydrogen) atoms. The van der Waals surface area contributed by atoms with Gasteiger partial charge in [-0.3, -0.25) is 0 Å². The second-order valence-electron chi connectivity index (χ2n) is 2.06. The maximum absolute atomic E-state index is 9.08. The van der Waals surface area contributed by atoms with Gasteiger partial charge in [0.1, 0.15) is 5.75 Å². The summed E-state index contributed by atoms with van der Waals surface area (Å²) < 4.78 is 0. The highest BCUT2D eigenvalue weighted by Crippen LogP contribution is 2.09. The van der Waals surface area contributed by atoms with Crippen LogP contribution in [0, 0.1) is 6.92 Å². The van der Waals surface area contributed by atoms with Crippen molar-refractivity contribution < 1.29 is 5.11 Å². The Labute approximate surface area is 56.9 Å². The molecular weight excluding hydrogens is 131 g/mol. The molecule has 1 aromatic carbocycles. The predicted molar refractivity (Wildman–Crippen MR) is 42.2 cm³/mol. The monoisotopic (exact) mass is 140 g/mol. The molecule has 1 unspecified atom stereocenters. The van der Waals surface area contributed by atoms with Crippen LogP contribution in [0.2, 0.25) is 0 Å². The van der Waals surface area contributed by atoms with E-state index in [1.165, 1.54) is 0 Å². The minimum Gasteiger partial charge on any atom is -0.507 e. The lowest BCUT2D eigenvalue weighted by atomic mass is 10.2. The fourth-order valence-electron chi connectivity index (χ4n) is 0.654. The highest BCUT2D eigenvalue weighted by molar-refractivity contribution is 7.27. The fourth-order valence-corrected chi connectivity index (χ4v) is 0.833. The number of benzene rings is 1. The second kappa shape index (κ2) is 2.36. The molecular formula is C7H9OP. The van der Waals surface area contributed by atoms with E-state index in [1.54, 1.807) is 6.07 Å². The predicted octanol–water partition coefficient (Wildman–Crippen LogP) is 1.20. The standard InChI is InChI=1S/C7H9OP/c1-5-2-3-7(9)6(8)4-5/h2-4,8H,9H2,1H3. The van der Waals surface area contributed by atoms with Crippen LogP contribution >= 0.6 is 9.24 Å². The van der Waals surface area contributed by atoms with E-state index in [-0.39, 0.29) is 0 Å². The Kier molecular flexibility index (Phi) is 1.73. The Morgan fingerprint density at radius 2 is 2.11 bits per heavy atom. The second-order valence-corrected chi connectivity index (χ2v) is 2.68. The molecule has 0 aromatic heterocycles. The highest BCUT2D eigenvalue weighted by atomic mass is 31.0. The molecule has 1 atom stereocenters. The number of phenols is 1. The first-order valence-electron chi connectivity index (χ1n) is 2.75. The molecule has 1 aromatic rings. The molecule has 0 heterocycles. The van der Waals surface area contributed by atoms with Gasteiger partial charge in [-0.1, -0.05) is 12.1 Å². The molecule has 1 rings (SSSR count). The fraction of sp³-hybridized carbons (Fsp3) is 0.143. The van der Waals surface area contributed by atoms with Gasteiger partial charge >= 0.3 is 0 Å². The first-order valence-corrected chi connectivity index (χ1v) is 3.33. The van der Waals surface area contributed by atoms with E-state index in [9.17, 15) is 0 Å². The van der Waals surface area contributed by atoms with Crippen LogP contribution in [-0.2, 0) is 0 Å². The molecule has 0 amide bonds. The summed E-state index contributed by atoms with van der Waals surface area (Å²) in [5.41, 5.74) is 1.08. The Morgan fingerprint density at radius 3 is 2.56 bits per heavy atom. The third-order valence-electron chi connectivity index (χ3n) is 1.19. The van der Waals surface area contributed by atoms with Crippen molar-refractivity contribution in [3.63, 3.8) is 0 Å². The maximum Gasteiger partial charge on any atom is 0.122 e. The van der Waals surface area contributed by atoms with Crippen molar-refractivity contribution in [3.8, 4) is 5.75 Å². The molecule has 0 saturated heterocycles. The van der Waals surface area contributed by atoms with E-state index in [1.807, 2.05) is 19.1 Å². The lowest BCUT2D eigenvalue weighted by molar-refractivity contribution is 0.479. The van der Waals surface area contributed by atoms with Crippen molar-refractivity contribution in [3.05, 3.63) is 23.8 Å². The van der Waals surface area contributed by atoms with Gasteiger partial charge in [0.25, 0.3) is 0 Å². The van der Waals surface area contributed by atoms with Gasteiger partial charge in [-0.25, -0.2) is 0 Å². The zero-order valence-electron chi connectivity index (χ0n) is 5.26. The Morgan fingerprint density at radius 1 is 1.44 bits per heavy atom. The number of hydrogen-bond acceptors (Lipinski definition) is 1. The van der Waals surface area contributed by atoms with Crippen LogP contribution in [0.5, 0.6) is 5.75 Å². The number of rotatable bonds is 0. The minimum atomic E-state index is 0.347.